The maximum absolute atomic E-state index is 11.1. The van der Waals surface area contributed by atoms with Gasteiger partial charge in [-0.1, -0.05) is 0 Å². The van der Waals surface area contributed by atoms with Crippen molar-refractivity contribution in [2.75, 3.05) is 32.7 Å². The predicted molar refractivity (Wildman–Crippen MR) is 77.9 cm³/mol. The molecule has 124 valence electrons. The zero-order valence-corrected chi connectivity index (χ0v) is 12.4. The molecule has 0 aromatic rings. The molecule has 9 heteroatoms. The van der Waals surface area contributed by atoms with Gasteiger partial charge in [0.25, 0.3) is 11.8 Å². The van der Waals surface area contributed by atoms with E-state index in [0.29, 0.717) is 19.6 Å². The van der Waals surface area contributed by atoms with E-state index in [4.69, 9.17) is 0 Å². The van der Waals surface area contributed by atoms with E-state index < -0.39 is 17.7 Å². The molecule has 3 amide bonds. The van der Waals surface area contributed by atoms with Crippen molar-refractivity contribution in [3.63, 3.8) is 0 Å². The van der Waals surface area contributed by atoms with Crippen molar-refractivity contribution in [2.45, 2.75) is 19.3 Å². The van der Waals surface area contributed by atoms with Crippen LogP contribution < -0.4 is 21.3 Å². The minimum absolute atomic E-state index is 0.0569. The molecule has 0 atom stereocenters. The minimum Gasteiger partial charge on any atom is -0.350 e. The first kappa shape index (κ1) is 19.9. The van der Waals surface area contributed by atoms with Gasteiger partial charge in [-0.2, -0.15) is 0 Å². The molecule has 0 aliphatic rings. The van der Waals surface area contributed by atoms with Crippen LogP contribution in [0, 0.1) is 0 Å². The lowest BCUT2D eigenvalue weighted by Gasteiger charge is -2.06. The maximum atomic E-state index is 11.1. The summed E-state index contributed by atoms with van der Waals surface area (Å²) in [4.78, 5) is 52.3. The number of aldehydes is 2. The van der Waals surface area contributed by atoms with Gasteiger partial charge < -0.3 is 16.0 Å². The SMILES string of the molecule is O=CC(=O)NCCCNCCCNCCC(=O)NC(=O)C=O. The number of carbonyl (C=O) groups is 5. The molecule has 0 heterocycles. The largest absolute Gasteiger partial charge is 0.350 e. The Hall–Kier alpha value is -2.13. The molecule has 4 N–H and O–H groups in total. The smallest absolute Gasteiger partial charge is 0.290 e. The van der Waals surface area contributed by atoms with E-state index in [1.54, 1.807) is 0 Å². The quantitative estimate of drug-likeness (QED) is 0.168. The number of hydrogen-bond donors (Lipinski definition) is 4. The Labute approximate surface area is 128 Å². The first-order chi connectivity index (χ1) is 10.6. The molecule has 0 aromatic heterocycles. The van der Waals surface area contributed by atoms with Crippen molar-refractivity contribution in [3.05, 3.63) is 0 Å². The van der Waals surface area contributed by atoms with Crippen LogP contribution in [0.4, 0.5) is 0 Å². The first-order valence-corrected chi connectivity index (χ1v) is 7.03. The third-order valence-electron chi connectivity index (χ3n) is 2.54. The Balaban J connectivity index is 3.25. The van der Waals surface area contributed by atoms with Gasteiger partial charge in [0.05, 0.1) is 0 Å². The third kappa shape index (κ3) is 12.9. The molecule has 9 nitrogen and oxygen atoms in total. The summed E-state index contributed by atoms with van der Waals surface area (Å²) in [6, 6.07) is 0. The molecule has 0 unspecified atom stereocenters. The van der Waals surface area contributed by atoms with Crippen molar-refractivity contribution in [1.29, 1.82) is 0 Å². The van der Waals surface area contributed by atoms with Crippen LogP contribution >= 0.6 is 0 Å². The van der Waals surface area contributed by atoms with E-state index in [-0.39, 0.29) is 19.0 Å². The van der Waals surface area contributed by atoms with Gasteiger partial charge in [-0.25, -0.2) is 0 Å². The highest BCUT2D eigenvalue weighted by molar-refractivity contribution is 6.27. The zero-order chi connectivity index (χ0) is 16.6. The Morgan fingerprint density at radius 3 is 1.86 bits per heavy atom. The molecular weight excluding hydrogens is 292 g/mol. The average molecular weight is 314 g/mol. The Morgan fingerprint density at radius 2 is 1.27 bits per heavy atom. The van der Waals surface area contributed by atoms with Crippen molar-refractivity contribution < 1.29 is 24.0 Å². The minimum atomic E-state index is -0.932. The molecule has 0 saturated heterocycles. The Morgan fingerprint density at radius 1 is 0.727 bits per heavy atom. The number of rotatable bonds is 13. The fourth-order valence-electron chi connectivity index (χ4n) is 1.49. The van der Waals surface area contributed by atoms with E-state index in [9.17, 15) is 24.0 Å². The molecule has 0 aliphatic carbocycles. The van der Waals surface area contributed by atoms with Gasteiger partial charge in [-0.3, -0.25) is 29.3 Å². The first-order valence-electron chi connectivity index (χ1n) is 7.03. The second-order valence-corrected chi connectivity index (χ2v) is 4.40. The summed E-state index contributed by atoms with van der Waals surface area (Å²) >= 11 is 0. The van der Waals surface area contributed by atoms with Crippen LogP contribution in [0.15, 0.2) is 0 Å². The van der Waals surface area contributed by atoms with Crippen LogP contribution in [-0.4, -0.2) is 63.0 Å². The summed E-state index contributed by atoms with van der Waals surface area (Å²) in [5.41, 5.74) is 0. The van der Waals surface area contributed by atoms with Gasteiger partial charge in [0.2, 0.25) is 18.5 Å². The van der Waals surface area contributed by atoms with Crippen LogP contribution in [-0.2, 0) is 24.0 Å². The topological polar surface area (TPSA) is 133 Å². The summed E-state index contributed by atoms with van der Waals surface area (Å²) in [5.74, 6) is -2.03. The number of amides is 3. The Bertz CT molecular complexity index is 387. The molecule has 0 bridgehead atoms. The van der Waals surface area contributed by atoms with E-state index in [1.807, 2.05) is 5.32 Å². The fraction of sp³-hybridized carbons (Fsp3) is 0.615. The lowest BCUT2D eigenvalue weighted by Crippen LogP contribution is -2.33. The molecule has 0 aliphatic heterocycles. The van der Waals surface area contributed by atoms with Crippen LogP contribution in [0.5, 0.6) is 0 Å². The second-order valence-electron chi connectivity index (χ2n) is 4.40. The number of nitrogens with one attached hydrogen (secondary N) is 4. The molecule has 0 fully saturated rings. The molecule has 0 spiro atoms. The highest BCUT2D eigenvalue weighted by atomic mass is 16.2. The molecular formula is C13H22N4O5. The number of hydrogen-bond acceptors (Lipinski definition) is 7. The standard InChI is InChI=1S/C13H22N4O5/c18-9-12(21)16-7-2-6-14-4-1-5-15-8-3-11(20)17-13(22)10-19/h9-10,14-15H,1-8H2,(H,16,21)(H,17,20,22). The van der Waals surface area contributed by atoms with Crippen LogP contribution in [0.1, 0.15) is 19.3 Å². The van der Waals surface area contributed by atoms with Crippen LogP contribution in [0.3, 0.4) is 0 Å². The maximum Gasteiger partial charge on any atom is 0.290 e. The van der Waals surface area contributed by atoms with Crippen LogP contribution in [0.2, 0.25) is 0 Å². The molecule has 22 heavy (non-hydrogen) atoms. The zero-order valence-electron chi connectivity index (χ0n) is 12.4. The highest BCUT2D eigenvalue weighted by Gasteiger charge is 2.05. The van der Waals surface area contributed by atoms with Crippen molar-refractivity contribution in [2.24, 2.45) is 0 Å². The molecule has 0 radical (unpaired) electrons. The second kappa shape index (κ2) is 13.8. The number of carbonyl (C=O) groups excluding carboxylic acids is 5. The predicted octanol–water partition coefficient (Wildman–Crippen LogP) is -2.51. The summed E-state index contributed by atoms with van der Waals surface area (Å²) < 4.78 is 0. The summed E-state index contributed by atoms with van der Waals surface area (Å²) in [6.45, 7) is 3.11. The average Bonchev–Trinajstić information content (AvgIpc) is 2.51. The molecule has 0 saturated carbocycles. The lowest BCUT2D eigenvalue weighted by molar-refractivity contribution is -0.136. The van der Waals surface area contributed by atoms with Gasteiger partial charge >= 0.3 is 0 Å². The molecule has 0 aromatic carbocycles. The fourth-order valence-corrected chi connectivity index (χ4v) is 1.49. The van der Waals surface area contributed by atoms with Crippen molar-refractivity contribution in [1.82, 2.24) is 21.3 Å². The Kier molecular flexibility index (Phi) is 12.5. The van der Waals surface area contributed by atoms with Crippen molar-refractivity contribution >= 4 is 30.3 Å². The lowest BCUT2D eigenvalue weighted by atomic mass is 10.3. The van der Waals surface area contributed by atoms with E-state index in [1.165, 1.54) is 0 Å². The normalized spacial score (nSPS) is 9.82. The summed E-state index contributed by atoms with van der Waals surface area (Å²) in [6.07, 6.45) is 2.02. The number of imide groups is 1. The van der Waals surface area contributed by atoms with Crippen molar-refractivity contribution in [3.8, 4) is 0 Å². The van der Waals surface area contributed by atoms with Crippen LogP contribution in [0.25, 0.3) is 0 Å². The van der Waals surface area contributed by atoms with Gasteiger partial charge in [0.1, 0.15) is 0 Å². The molecule has 0 rings (SSSR count). The van der Waals surface area contributed by atoms with E-state index in [2.05, 4.69) is 16.0 Å². The summed E-state index contributed by atoms with van der Waals surface area (Å²) in [7, 11) is 0. The monoisotopic (exact) mass is 314 g/mol. The van der Waals surface area contributed by atoms with Gasteiger partial charge in [-0.15, -0.1) is 0 Å². The highest BCUT2D eigenvalue weighted by Crippen LogP contribution is 1.80. The van der Waals surface area contributed by atoms with Gasteiger partial charge in [0, 0.05) is 19.5 Å². The van der Waals surface area contributed by atoms with Gasteiger partial charge in [0.15, 0.2) is 0 Å². The van der Waals surface area contributed by atoms with E-state index in [0.717, 1.165) is 25.9 Å². The van der Waals surface area contributed by atoms with E-state index >= 15 is 0 Å². The van der Waals surface area contributed by atoms with Gasteiger partial charge in [-0.05, 0) is 32.5 Å². The summed E-state index contributed by atoms with van der Waals surface area (Å²) in [5, 5.41) is 10.6. The third-order valence-corrected chi connectivity index (χ3v) is 2.54.